The van der Waals surface area contributed by atoms with Crippen LogP contribution in [0.2, 0.25) is 0 Å². The van der Waals surface area contributed by atoms with Crippen molar-refractivity contribution in [1.82, 2.24) is 9.80 Å². The molecule has 2 aromatic rings. The summed E-state index contributed by atoms with van der Waals surface area (Å²) in [7, 11) is 1.30. The van der Waals surface area contributed by atoms with Crippen molar-refractivity contribution in [3.8, 4) is 0 Å². The number of piperidine rings is 1. The standard InChI is InChI=1S/C23H24F7N3O/c1-13-7-17(24)3-4-19(13)20-11-18(31)5-6-33(20)21(34)32(2)12-14-8-15(22(25,26)27)10-16(9-14)23(28,29)30/h3-4,7-10,18,20H,5-6,11-12,31H2,1-2H3/t18-,20+/m1/s1. The number of halogens is 7. The Morgan fingerprint density at radius 1 is 1.06 bits per heavy atom. The molecule has 2 amide bonds. The maximum Gasteiger partial charge on any atom is 0.416 e. The van der Waals surface area contributed by atoms with Crippen molar-refractivity contribution in [2.24, 2.45) is 5.73 Å². The van der Waals surface area contributed by atoms with Crippen LogP contribution in [-0.4, -0.2) is 35.5 Å². The van der Waals surface area contributed by atoms with Crippen molar-refractivity contribution in [2.45, 2.75) is 50.7 Å². The van der Waals surface area contributed by atoms with Crippen molar-refractivity contribution in [2.75, 3.05) is 13.6 Å². The average molecular weight is 491 g/mol. The summed E-state index contributed by atoms with van der Waals surface area (Å²) in [4.78, 5) is 15.8. The molecule has 0 unspecified atom stereocenters. The number of nitrogens with zero attached hydrogens (tertiary/aromatic N) is 2. The van der Waals surface area contributed by atoms with Gasteiger partial charge < -0.3 is 15.5 Å². The molecule has 1 aliphatic heterocycles. The minimum Gasteiger partial charge on any atom is -0.328 e. The van der Waals surface area contributed by atoms with E-state index in [-0.39, 0.29) is 24.2 Å². The third-order valence-corrected chi connectivity index (χ3v) is 5.87. The highest BCUT2D eigenvalue weighted by Crippen LogP contribution is 2.37. The van der Waals surface area contributed by atoms with Crippen molar-refractivity contribution in [1.29, 1.82) is 0 Å². The van der Waals surface area contributed by atoms with Crippen LogP contribution in [-0.2, 0) is 18.9 Å². The number of nitrogens with two attached hydrogens (primary N) is 1. The lowest BCUT2D eigenvalue weighted by atomic mass is 9.90. The highest BCUT2D eigenvalue weighted by molar-refractivity contribution is 5.75. The van der Waals surface area contributed by atoms with Crippen molar-refractivity contribution >= 4 is 6.03 Å². The molecular formula is C23H24F7N3O. The van der Waals surface area contributed by atoms with E-state index in [9.17, 15) is 35.5 Å². The van der Waals surface area contributed by atoms with Gasteiger partial charge in [-0.1, -0.05) is 6.07 Å². The molecule has 0 saturated carbocycles. The normalized spacial score (nSPS) is 19.3. The maximum absolute atomic E-state index is 13.6. The van der Waals surface area contributed by atoms with Crippen LogP contribution < -0.4 is 5.73 Å². The fourth-order valence-electron chi connectivity index (χ4n) is 4.20. The van der Waals surface area contributed by atoms with E-state index >= 15 is 0 Å². The summed E-state index contributed by atoms with van der Waals surface area (Å²) in [5, 5.41) is 0. The third kappa shape index (κ3) is 5.81. The predicted octanol–water partition coefficient (Wildman–Crippen LogP) is 5.89. The lowest BCUT2D eigenvalue weighted by Crippen LogP contribution is -2.49. The Morgan fingerprint density at radius 3 is 2.18 bits per heavy atom. The zero-order valence-corrected chi connectivity index (χ0v) is 18.5. The fourth-order valence-corrected chi connectivity index (χ4v) is 4.20. The second-order valence-corrected chi connectivity index (χ2v) is 8.55. The van der Waals surface area contributed by atoms with E-state index in [0.717, 1.165) is 4.90 Å². The molecule has 2 atom stereocenters. The first-order chi connectivity index (χ1) is 15.7. The molecule has 3 rings (SSSR count). The van der Waals surface area contributed by atoms with Crippen LogP contribution in [0, 0.1) is 12.7 Å². The van der Waals surface area contributed by atoms with Gasteiger partial charge in [-0.2, -0.15) is 26.3 Å². The first-order valence-corrected chi connectivity index (χ1v) is 10.5. The Labute approximate surface area is 192 Å². The average Bonchev–Trinajstić information content (AvgIpc) is 2.71. The smallest absolute Gasteiger partial charge is 0.328 e. The van der Waals surface area contributed by atoms with Gasteiger partial charge in [-0.3, -0.25) is 0 Å². The molecule has 0 aliphatic carbocycles. The largest absolute Gasteiger partial charge is 0.416 e. The Hall–Kier alpha value is -2.82. The van der Waals surface area contributed by atoms with Crippen molar-refractivity contribution in [3.05, 3.63) is 70.0 Å². The zero-order chi connectivity index (χ0) is 25.4. The molecule has 11 heteroatoms. The number of hydrogen-bond donors (Lipinski definition) is 1. The molecule has 0 radical (unpaired) electrons. The summed E-state index contributed by atoms with van der Waals surface area (Å²) in [6.45, 7) is 1.46. The van der Waals surface area contributed by atoms with E-state index in [2.05, 4.69) is 0 Å². The monoisotopic (exact) mass is 491 g/mol. The van der Waals surface area contributed by atoms with Crippen LogP contribution in [0.1, 0.15) is 46.7 Å². The van der Waals surface area contributed by atoms with Gasteiger partial charge in [0.05, 0.1) is 17.2 Å². The van der Waals surface area contributed by atoms with E-state index in [1.54, 1.807) is 13.0 Å². The SMILES string of the molecule is Cc1cc(F)ccc1[C@@H]1C[C@H](N)CCN1C(=O)N(C)Cc1cc(C(F)(F)F)cc(C(F)(F)F)c1. The van der Waals surface area contributed by atoms with E-state index in [0.29, 0.717) is 36.1 Å². The molecule has 186 valence electrons. The van der Waals surface area contributed by atoms with E-state index < -0.39 is 47.9 Å². The van der Waals surface area contributed by atoms with Crippen LogP contribution >= 0.6 is 0 Å². The highest BCUT2D eigenvalue weighted by Gasteiger charge is 2.38. The number of amides is 2. The third-order valence-electron chi connectivity index (χ3n) is 5.87. The van der Waals surface area contributed by atoms with Crippen LogP contribution in [0.25, 0.3) is 0 Å². The molecule has 4 nitrogen and oxygen atoms in total. The van der Waals surface area contributed by atoms with Gasteiger partial charge in [-0.15, -0.1) is 0 Å². The molecule has 34 heavy (non-hydrogen) atoms. The van der Waals surface area contributed by atoms with Gasteiger partial charge >= 0.3 is 18.4 Å². The van der Waals surface area contributed by atoms with Crippen molar-refractivity contribution in [3.63, 3.8) is 0 Å². The maximum atomic E-state index is 13.6. The Morgan fingerprint density at radius 2 is 1.65 bits per heavy atom. The number of carbonyl (C=O) groups excluding carboxylic acids is 1. The fraction of sp³-hybridized carbons (Fsp3) is 0.435. The zero-order valence-electron chi connectivity index (χ0n) is 18.5. The number of aryl methyl sites for hydroxylation is 1. The second-order valence-electron chi connectivity index (χ2n) is 8.55. The molecule has 0 aromatic heterocycles. The summed E-state index contributed by atoms with van der Waals surface area (Å²) in [5.74, 6) is -0.443. The molecule has 0 bridgehead atoms. The minimum atomic E-state index is -4.98. The first-order valence-electron chi connectivity index (χ1n) is 10.5. The Kier molecular flexibility index (Phi) is 7.16. The molecule has 2 aromatic carbocycles. The van der Waals surface area contributed by atoms with Crippen LogP contribution in [0.3, 0.4) is 0 Å². The van der Waals surface area contributed by atoms with Gasteiger partial charge in [0.25, 0.3) is 0 Å². The summed E-state index contributed by atoms with van der Waals surface area (Å²) >= 11 is 0. The molecule has 1 saturated heterocycles. The topological polar surface area (TPSA) is 49.6 Å². The summed E-state index contributed by atoms with van der Waals surface area (Å²) in [5.41, 5.74) is 4.17. The molecule has 1 aliphatic rings. The Balaban J connectivity index is 1.89. The number of hydrogen-bond acceptors (Lipinski definition) is 2. The Bertz CT molecular complexity index is 1020. The van der Waals surface area contributed by atoms with E-state index in [1.165, 1.54) is 24.1 Å². The molecule has 2 N–H and O–H groups in total. The number of benzene rings is 2. The van der Waals surface area contributed by atoms with E-state index in [1.807, 2.05) is 0 Å². The molecular weight excluding hydrogens is 467 g/mol. The molecule has 1 heterocycles. The quantitative estimate of drug-likeness (QED) is 0.545. The van der Waals surface area contributed by atoms with Crippen LogP contribution in [0.5, 0.6) is 0 Å². The van der Waals surface area contributed by atoms with Gasteiger partial charge in [0.1, 0.15) is 5.82 Å². The summed E-state index contributed by atoms with van der Waals surface area (Å²) in [6, 6.07) is 4.08. The molecule has 0 spiro atoms. The summed E-state index contributed by atoms with van der Waals surface area (Å²) in [6.07, 6.45) is -9.11. The molecule has 1 fully saturated rings. The lowest BCUT2D eigenvalue weighted by molar-refractivity contribution is -0.143. The number of likely N-dealkylation sites (tertiary alicyclic amines) is 1. The van der Waals surface area contributed by atoms with Gasteiger partial charge in [0, 0.05) is 26.2 Å². The highest BCUT2D eigenvalue weighted by atomic mass is 19.4. The van der Waals surface area contributed by atoms with Gasteiger partial charge in [0.2, 0.25) is 0 Å². The summed E-state index contributed by atoms with van der Waals surface area (Å²) < 4.78 is 92.6. The number of alkyl halides is 6. The lowest BCUT2D eigenvalue weighted by Gasteiger charge is -2.41. The second kappa shape index (κ2) is 9.44. The predicted molar refractivity (Wildman–Crippen MR) is 111 cm³/mol. The van der Waals surface area contributed by atoms with Gasteiger partial charge in [-0.25, -0.2) is 9.18 Å². The number of carbonyl (C=O) groups is 1. The van der Waals surface area contributed by atoms with Crippen LogP contribution in [0.4, 0.5) is 35.5 Å². The van der Waals surface area contributed by atoms with E-state index in [4.69, 9.17) is 5.73 Å². The minimum absolute atomic E-state index is 0.0463. The number of urea groups is 1. The first kappa shape index (κ1) is 25.8. The number of rotatable bonds is 3. The van der Waals surface area contributed by atoms with Crippen LogP contribution in [0.15, 0.2) is 36.4 Å². The van der Waals surface area contributed by atoms with Gasteiger partial charge in [0.15, 0.2) is 0 Å². The van der Waals surface area contributed by atoms with Crippen molar-refractivity contribution < 1.29 is 35.5 Å². The van der Waals surface area contributed by atoms with Gasteiger partial charge in [-0.05, 0) is 66.8 Å².